The SMILES string of the molecule is FC(F)(F)c1ccccc1CC1=NC2CNCC2O1. The number of aliphatic imine (C=N–C) groups is 1. The molecule has 3 nitrogen and oxygen atoms in total. The molecular weight excluding hydrogens is 257 g/mol. The van der Waals surface area contributed by atoms with Gasteiger partial charge in [0.15, 0.2) is 5.90 Å². The minimum absolute atomic E-state index is 0.0203. The number of halogens is 3. The zero-order chi connectivity index (χ0) is 13.5. The fourth-order valence-electron chi connectivity index (χ4n) is 2.48. The van der Waals surface area contributed by atoms with Gasteiger partial charge in [-0.15, -0.1) is 0 Å². The van der Waals surface area contributed by atoms with Gasteiger partial charge < -0.3 is 10.1 Å². The first-order valence-corrected chi connectivity index (χ1v) is 6.13. The number of fused-ring (bicyclic) bond motifs is 1. The third kappa shape index (κ3) is 2.45. The van der Waals surface area contributed by atoms with Crippen LogP contribution >= 0.6 is 0 Å². The van der Waals surface area contributed by atoms with Crippen molar-refractivity contribution in [1.29, 1.82) is 0 Å². The summed E-state index contributed by atoms with van der Waals surface area (Å²) in [5.74, 6) is 0.410. The number of nitrogens with one attached hydrogen (secondary N) is 1. The van der Waals surface area contributed by atoms with Gasteiger partial charge in [-0.3, -0.25) is 0 Å². The van der Waals surface area contributed by atoms with Crippen molar-refractivity contribution in [1.82, 2.24) is 5.32 Å². The van der Waals surface area contributed by atoms with Gasteiger partial charge in [-0.2, -0.15) is 13.2 Å². The highest BCUT2D eigenvalue weighted by atomic mass is 19.4. The topological polar surface area (TPSA) is 33.6 Å². The second-order valence-electron chi connectivity index (χ2n) is 4.74. The molecule has 1 N–H and O–H groups in total. The zero-order valence-corrected chi connectivity index (χ0v) is 10.1. The van der Waals surface area contributed by atoms with Gasteiger partial charge in [0, 0.05) is 19.5 Å². The molecule has 2 heterocycles. The predicted octanol–water partition coefficient (Wildman–Crippen LogP) is 2.02. The van der Waals surface area contributed by atoms with Crippen LogP contribution in [0.15, 0.2) is 29.3 Å². The first kappa shape index (κ1) is 12.5. The van der Waals surface area contributed by atoms with Gasteiger partial charge in [0.05, 0.1) is 5.56 Å². The number of hydrogen-bond acceptors (Lipinski definition) is 3. The molecule has 3 rings (SSSR count). The maximum absolute atomic E-state index is 12.9. The van der Waals surface area contributed by atoms with E-state index in [9.17, 15) is 13.2 Å². The molecule has 1 aromatic carbocycles. The average Bonchev–Trinajstić information content (AvgIpc) is 2.88. The number of alkyl halides is 3. The van der Waals surface area contributed by atoms with Gasteiger partial charge in [-0.1, -0.05) is 18.2 Å². The van der Waals surface area contributed by atoms with Crippen molar-refractivity contribution in [2.75, 3.05) is 13.1 Å². The molecule has 2 aliphatic heterocycles. The van der Waals surface area contributed by atoms with Crippen molar-refractivity contribution in [2.45, 2.75) is 24.7 Å². The molecule has 0 saturated carbocycles. The van der Waals surface area contributed by atoms with Crippen LogP contribution in [-0.2, 0) is 17.3 Å². The van der Waals surface area contributed by atoms with Crippen molar-refractivity contribution >= 4 is 5.90 Å². The van der Waals surface area contributed by atoms with Gasteiger partial charge in [-0.05, 0) is 11.6 Å². The quantitative estimate of drug-likeness (QED) is 0.892. The molecule has 6 heteroatoms. The molecule has 1 aromatic rings. The smallest absolute Gasteiger partial charge is 0.416 e. The van der Waals surface area contributed by atoms with Crippen LogP contribution in [0.3, 0.4) is 0 Å². The maximum atomic E-state index is 12.9. The molecule has 19 heavy (non-hydrogen) atoms. The van der Waals surface area contributed by atoms with Crippen LogP contribution in [0.1, 0.15) is 11.1 Å². The Hall–Kier alpha value is -1.56. The largest absolute Gasteiger partial charge is 0.474 e. The first-order chi connectivity index (χ1) is 9.04. The highest BCUT2D eigenvalue weighted by Crippen LogP contribution is 2.32. The average molecular weight is 270 g/mol. The summed E-state index contributed by atoms with van der Waals surface area (Å²) in [5, 5.41) is 3.13. The second kappa shape index (κ2) is 4.52. The fraction of sp³-hybridized carbons (Fsp3) is 0.462. The van der Waals surface area contributed by atoms with E-state index in [0.29, 0.717) is 12.4 Å². The Morgan fingerprint density at radius 1 is 1.26 bits per heavy atom. The summed E-state index contributed by atoms with van der Waals surface area (Å²) in [6.45, 7) is 1.44. The molecule has 0 bridgehead atoms. The number of benzene rings is 1. The van der Waals surface area contributed by atoms with Gasteiger partial charge in [0.2, 0.25) is 0 Å². The predicted molar refractivity (Wildman–Crippen MR) is 64.1 cm³/mol. The second-order valence-corrected chi connectivity index (χ2v) is 4.74. The first-order valence-electron chi connectivity index (χ1n) is 6.13. The molecular formula is C13H13F3N2O. The highest BCUT2D eigenvalue weighted by Gasteiger charge is 2.37. The summed E-state index contributed by atoms with van der Waals surface area (Å²) in [5.41, 5.74) is -0.404. The Labute approximate surface area is 108 Å². The fourth-order valence-corrected chi connectivity index (χ4v) is 2.48. The number of rotatable bonds is 2. The van der Waals surface area contributed by atoms with Crippen molar-refractivity contribution in [3.63, 3.8) is 0 Å². The summed E-state index contributed by atoms with van der Waals surface area (Å²) in [7, 11) is 0. The van der Waals surface area contributed by atoms with E-state index in [1.807, 2.05) is 0 Å². The molecule has 0 amide bonds. The standard InChI is InChI=1S/C13H13F3N2O/c14-13(15,16)9-4-2-1-3-8(9)5-12-18-10-6-17-7-11(10)19-12/h1-4,10-11,17H,5-7H2. The summed E-state index contributed by atoms with van der Waals surface area (Å²) < 4.78 is 44.2. The normalized spacial score (nSPS) is 25.9. The van der Waals surface area contributed by atoms with E-state index >= 15 is 0 Å². The Morgan fingerprint density at radius 3 is 2.79 bits per heavy atom. The Bertz CT molecular complexity index is 513. The van der Waals surface area contributed by atoms with E-state index in [1.54, 1.807) is 6.07 Å². The lowest BCUT2D eigenvalue weighted by Crippen LogP contribution is -2.21. The van der Waals surface area contributed by atoms with Crippen LogP contribution in [0.4, 0.5) is 13.2 Å². The molecule has 2 aliphatic rings. The zero-order valence-electron chi connectivity index (χ0n) is 10.1. The van der Waals surface area contributed by atoms with E-state index in [4.69, 9.17) is 4.74 Å². The van der Waals surface area contributed by atoms with E-state index in [1.165, 1.54) is 12.1 Å². The molecule has 1 saturated heterocycles. The molecule has 2 unspecified atom stereocenters. The van der Waals surface area contributed by atoms with Crippen LogP contribution in [0.5, 0.6) is 0 Å². The van der Waals surface area contributed by atoms with Crippen LogP contribution in [0.25, 0.3) is 0 Å². The molecule has 2 atom stereocenters. The summed E-state index contributed by atoms with van der Waals surface area (Å²) in [6.07, 6.45) is -4.26. The van der Waals surface area contributed by atoms with Crippen LogP contribution in [-0.4, -0.2) is 31.1 Å². The third-order valence-corrected chi connectivity index (χ3v) is 3.39. The molecule has 1 fully saturated rings. The van der Waals surface area contributed by atoms with Gasteiger partial charge >= 0.3 is 6.18 Å². The van der Waals surface area contributed by atoms with E-state index in [2.05, 4.69) is 10.3 Å². The monoisotopic (exact) mass is 270 g/mol. The van der Waals surface area contributed by atoms with Crippen molar-refractivity contribution in [3.8, 4) is 0 Å². The van der Waals surface area contributed by atoms with E-state index < -0.39 is 11.7 Å². The minimum atomic E-state index is -4.34. The highest BCUT2D eigenvalue weighted by molar-refractivity contribution is 5.81. The third-order valence-electron chi connectivity index (χ3n) is 3.39. The lowest BCUT2D eigenvalue weighted by Gasteiger charge is -2.13. The van der Waals surface area contributed by atoms with Crippen LogP contribution in [0, 0.1) is 0 Å². The number of nitrogens with zero attached hydrogens (tertiary/aromatic N) is 1. The molecule has 0 spiro atoms. The molecule has 0 aromatic heterocycles. The number of hydrogen-bond donors (Lipinski definition) is 1. The van der Waals surface area contributed by atoms with Gasteiger partial charge in [0.1, 0.15) is 12.1 Å². The summed E-state index contributed by atoms with van der Waals surface area (Å²) in [4.78, 5) is 4.33. The lowest BCUT2D eigenvalue weighted by atomic mass is 10.0. The van der Waals surface area contributed by atoms with E-state index in [-0.39, 0.29) is 24.1 Å². The minimum Gasteiger partial charge on any atom is -0.474 e. The molecule has 0 aliphatic carbocycles. The van der Waals surface area contributed by atoms with E-state index in [0.717, 1.165) is 12.6 Å². The summed E-state index contributed by atoms with van der Waals surface area (Å²) in [6, 6.07) is 5.60. The lowest BCUT2D eigenvalue weighted by molar-refractivity contribution is -0.138. The van der Waals surface area contributed by atoms with Crippen molar-refractivity contribution < 1.29 is 17.9 Å². The van der Waals surface area contributed by atoms with Gasteiger partial charge in [0.25, 0.3) is 0 Å². The van der Waals surface area contributed by atoms with Crippen molar-refractivity contribution in [2.24, 2.45) is 4.99 Å². The number of ether oxygens (including phenoxy) is 1. The summed E-state index contributed by atoms with van der Waals surface area (Å²) >= 11 is 0. The van der Waals surface area contributed by atoms with Gasteiger partial charge in [-0.25, -0.2) is 4.99 Å². The molecule has 102 valence electrons. The van der Waals surface area contributed by atoms with Crippen LogP contribution in [0.2, 0.25) is 0 Å². The van der Waals surface area contributed by atoms with Crippen molar-refractivity contribution in [3.05, 3.63) is 35.4 Å². The Morgan fingerprint density at radius 2 is 2.05 bits per heavy atom. The Kier molecular flexibility index (Phi) is 2.97. The van der Waals surface area contributed by atoms with Crippen LogP contribution < -0.4 is 5.32 Å². The Balaban J connectivity index is 1.81. The maximum Gasteiger partial charge on any atom is 0.416 e. The molecule has 0 radical (unpaired) electrons.